The molecule has 1 rings (SSSR count). The molecule has 0 amide bonds. The molecular formula is C11H13NO2. The molecule has 0 aliphatic carbocycles. The number of esters is 1. The third kappa shape index (κ3) is 2.94. The number of likely N-dealkylation sites (N-methyl/N-ethyl adjacent to an activating group) is 1. The Kier molecular flexibility index (Phi) is 3.73. The third-order valence-corrected chi connectivity index (χ3v) is 1.59. The van der Waals surface area contributed by atoms with E-state index in [0.29, 0.717) is 12.3 Å². The van der Waals surface area contributed by atoms with Crippen LogP contribution in [0.5, 0.6) is 5.75 Å². The summed E-state index contributed by atoms with van der Waals surface area (Å²) >= 11 is 0. The maximum atomic E-state index is 11.3. The standard InChI is InChI=1S/C11H13NO2/c1-3-12-9(2)11(13)14-10-7-5-4-6-8-10/h4-8,12H,2-3H2,1H3. The highest BCUT2D eigenvalue weighted by Gasteiger charge is 2.07. The first-order valence-corrected chi connectivity index (χ1v) is 4.44. The quantitative estimate of drug-likeness (QED) is 0.447. The minimum Gasteiger partial charge on any atom is -0.422 e. The van der Waals surface area contributed by atoms with Crippen LogP contribution >= 0.6 is 0 Å². The van der Waals surface area contributed by atoms with Gasteiger partial charge in [0.1, 0.15) is 11.4 Å². The molecule has 1 aromatic rings. The molecule has 0 fully saturated rings. The van der Waals surface area contributed by atoms with Gasteiger partial charge in [-0.1, -0.05) is 24.8 Å². The van der Waals surface area contributed by atoms with Gasteiger partial charge >= 0.3 is 5.97 Å². The van der Waals surface area contributed by atoms with Crippen molar-refractivity contribution in [1.29, 1.82) is 0 Å². The maximum absolute atomic E-state index is 11.3. The van der Waals surface area contributed by atoms with Crippen molar-refractivity contribution in [1.82, 2.24) is 5.32 Å². The lowest BCUT2D eigenvalue weighted by molar-refractivity contribution is -0.130. The van der Waals surface area contributed by atoms with E-state index in [1.54, 1.807) is 24.3 Å². The van der Waals surface area contributed by atoms with Crippen LogP contribution in [0.1, 0.15) is 6.92 Å². The number of nitrogens with one attached hydrogen (secondary N) is 1. The van der Waals surface area contributed by atoms with Crippen LogP contribution in [0.15, 0.2) is 42.6 Å². The van der Waals surface area contributed by atoms with Gasteiger partial charge in [-0.05, 0) is 19.1 Å². The number of rotatable bonds is 4. The molecule has 0 saturated carbocycles. The van der Waals surface area contributed by atoms with Crippen molar-refractivity contribution in [3.63, 3.8) is 0 Å². The fraction of sp³-hybridized carbons (Fsp3) is 0.182. The smallest absolute Gasteiger partial charge is 0.359 e. The molecule has 0 aromatic heterocycles. The number of carbonyl (C=O) groups excluding carboxylic acids is 1. The van der Waals surface area contributed by atoms with Gasteiger partial charge in [0.05, 0.1) is 0 Å². The van der Waals surface area contributed by atoms with Gasteiger partial charge in [0, 0.05) is 6.54 Å². The molecule has 0 atom stereocenters. The Bertz CT molecular complexity index is 319. The molecule has 0 heterocycles. The highest BCUT2D eigenvalue weighted by atomic mass is 16.5. The normalized spacial score (nSPS) is 9.21. The Morgan fingerprint density at radius 2 is 2.07 bits per heavy atom. The summed E-state index contributed by atoms with van der Waals surface area (Å²) in [5, 5.41) is 2.80. The Balaban J connectivity index is 2.53. The summed E-state index contributed by atoms with van der Waals surface area (Å²) in [4.78, 5) is 11.3. The Morgan fingerprint density at radius 3 is 2.64 bits per heavy atom. The van der Waals surface area contributed by atoms with E-state index in [1.807, 2.05) is 13.0 Å². The summed E-state index contributed by atoms with van der Waals surface area (Å²) in [6.45, 7) is 6.10. The molecular weight excluding hydrogens is 178 g/mol. The van der Waals surface area contributed by atoms with E-state index >= 15 is 0 Å². The molecule has 0 saturated heterocycles. The molecule has 0 aliphatic rings. The van der Waals surface area contributed by atoms with Crippen molar-refractivity contribution >= 4 is 5.97 Å². The Hall–Kier alpha value is -1.77. The molecule has 1 aromatic carbocycles. The van der Waals surface area contributed by atoms with Gasteiger partial charge in [0.25, 0.3) is 0 Å². The van der Waals surface area contributed by atoms with Crippen LogP contribution in [0.3, 0.4) is 0 Å². The van der Waals surface area contributed by atoms with E-state index in [9.17, 15) is 4.79 Å². The molecule has 1 N–H and O–H groups in total. The van der Waals surface area contributed by atoms with Crippen molar-refractivity contribution in [2.45, 2.75) is 6.92 Å². The molecule has 0 spiro atoms. The lowest BCUT2D eigenvalue weighted by Gasteiger charge is -2.06. The second-order valence-electron chi connectivity index (χ2n) is 2.71. The second kappa shape index (κ2) is 5.07. The van der Waals surface area contributed by atoms with Gasteiger partial charge < -0.3 is 10.1 Å². The van der Waals surface area contributed by atoms with Gasteiger partial charge in [0.2, 0.25) is 0 Å². The SMILES string of the molecule is C=C(NCC)C(=O)Oc1ccccc1. The monoisotopic (exact) mass is 191 g/mol. The largest absolute Gasteiger partial charge is 0.422 e. The topological polar surface area (TPSA) is 38.3 Å². The molecule has 0 radical (unpaired) electrons. The van der Waals surface area contributed by atoms with Crippen LogP contribution in [0.4, 0.5) is 0 Å². The first-order valence-electron chi connectivity index (χ1n) is 4.44. The lowest BCUT2D eigenvalue weighted by Crippen LogP contribution is -2.22. The van der Waals surface area contributed by atoms with E-state index in [1.165, 1.54) is 0 Å². The zero-order chi connectivity index (χ0) is 10.4. The zero-order valence-corrected chi connectivity index (χ0v) is 8.12. The summed E-state index contributed by atoms with van der Waals surface area (Å²) in [5.41, 5.74) is 0.274. The van der Waals surface area contributed by atoms with Crippen LogP contribution in [-0.2, 0) is 4.79 Å². The fourth-order valence-corrected chi connectivity index (χ4v) is 0.943. The van der Waals surface area contributed by atoms with Crippen LogP contribution < -0.4 is 10.1 Å². The van der Waals surface area contributed by atoms with Gasteiger partial charge in [-0.25, -0.2) is 4.79 Å². The number of hydrogen-bond donors (Lipinski definition) is 1. The number of benzene rings is 1. The van der Waals surface area contributed by atoms with Crippen molar-refractivity contribution in [3.8, 4) is 5.75 Å². The second-order valence-corrected chi connectivity index (χ2v) is 2.71. The lowest BCUT2D eigenvalue weighted by atomic mass is 10.3. The average Bonchev–Trinajstić information content (AvgIpc) is 2.19. The molecule has 0 aliphatic heterocycles. The first kappa shape index (κ1) is 10.3. The molecule has 74 valence electrons. The van der Waals surface area contributed by atoms with E-state index in [4.69, 9.17) is 4.74 Å². The van der Waals surface area contributed by atoms with E-state index in [2.05, 4.69) is 11.9 Å². The fourth-order valence-electron chi connectivity index (χ4n) is 0.943. The van der Waals surface area contributed by atoms with Gasteiger partial charge in [-0.15, -0.1) is 0 Å². The van der Waals surface area contributed by atoms with E-state index in [0.717, 1.165) is 0 Å². The zero-order valence-electron chi connectivity index (χ0n) is 8.12. The predicted octanol–water partition coefficient (Wildman–Crippen LogP) is 1.72. The molecule has 0 bridgehead atoms. The van der Waals surface area contributed by atoms with E-state index < -0.39 is 5.97 Å². The van der Waals surface area contributed by atoms with Gasteiger partial charge in [0.15, 0.2) is 0 Å². The van der Waals surface area contributed by atoms with E-state index in [-0.39, 0.29) is 5.70 Å². The third-order valence-electron chi connectivity index (χ3n) is 1.59. The molecule has 0 unspecified atom stereocenters. The highest BCUT2D eigenvalue weighted by Crippen LogP contribution is 2.09. The number of carbonyl (C=O) groups is 1. The molecule has 3 heteroatoms. The first-order chi connectivity index (χ1) is 6.74. The molecule has 14 heavy (non-hydrogen) atoms. The van der Waals surface area contributed by atoms with Crippen LogP contribution in [0.25, 0.3) is 0 Å². The Morgan fingerprint density at radius 1 is 1.43 bits per heavy atom. The summed E-state index contributed by atoms with van der Waals surface area (Å²) in [6, 6.07) is 8.90. The maximum Gasteiger partial charge on any atom is 0.359 e. The van der Waals surface area contributed by atoms with Crippen molar-refractivity contribution in [2.75, 3.05) is 6.54 Å². The summed E-state index contributed by atoms with van der Waals surface area (Å²) in [5.74, 6) is 0.0783. The minimum absolute atomic E-state index is 0.274. The average molecular weight is 191 g/mol. The van der Waals surface area contributed by atoms with Crippen LogP contribution in [0, 0.1) is 0 Å². The summed E-state index contributed by atoms with van der Waals surface area (Å²) < 4.78 is 5.03. The van der Waals surface area contributed by atoms with Crippen LogP contribution in [-0.4, -0.2) is 12.5 Å². The van der Waals surface area contributed by atoms with Crippen LogP contribution in [0.2, 0.25) is 0 Å². The summed E-state index contributed by atoms with van der Waals surface area (Å²) in [6.07, 6.45) is 0. The van der Waals surface area contributed by atoms with Crippen molar-refractivity contribution in [2.24, 2.45) is 0 Å². The number of ether oxygens (including phenoxy) is 1. The molecule has 3 nitrogen and oxygen atoms in total. The van der Waals surface area contributed by atoms with Gasteiger partial charge in [-0.3, -0.25) is 0 Å². The number of para-hydroxylation sites is 1. The number of hydrogen-bond acceptors (Lipinski definition) is 3. The Labute approximate surface area is 83.4 Å². The predicted molar refractivity (Wildman–Crippen MR) is 54.9 cm³/mol. The minimum atomic E-state index is -0.446. The summed E-state index contributed by atoms with van der Waals surface area (Å²) in [7, 11) is 0. The van der Waals surface area contributed by atoms with Gasteiger partial charge in [-0.2, -0.15) is 0 Å². The van der Waals surface area contributed by atoms with Crippen molar-refractivity contribution in [3.05, 3.63) is 42.6 Å². The highest BCUT2D eigenvalue weighted by molar-refractivity contribution is 5.88. The van der Waals surface area contributed by atoms with Crippen molar-refractivity contribution < 1.29 is 9.53 Å².